The average Bonchev–Trinajstić information content (AvgIpc) is 1.92. The Kier molecular flexibility index (Phi) is 72.7. The number of H-pyrrole nitrogens is 3. The molecule has 146 heavy (non-hydrogen) atoms. The number of nitrogens with one attached hydrogen (secondary N) is 3. The van der Waals surface area contributed by atoms with Gasteiger partial charge in [-0.15, -0.1) is 65.7 Å². The van der Waals surface area contributed by atoms with Crippen LogP contribution in [0.25, 0.3) is 0 Å². The molecule has 0 saturated carbocycles. The van der Waals surface area contributed by atoms with Crippen LogP contribution >= 0.6 is 68.4 Å². The van der Waals surface area contributed by atoms with Crippen LogP contribution in [-0.4, -0.2) is 127 Å². The normalized spacial score (nSPS) is 10.7. The van der Waals surface area contributed by atoms with E-state index in [1.54, 1.807) is 143 Å². The standard InChI is InChI=1S/C9H12.C7H10N2.C7H11N.3C6H10N2.5C6H9NO.4C6H9NS.C5H8N2O.2C5H8N2S/c1-8(2)9-6-4-3-5-7-9;1-6(2)7-5-8-3-4-9-7;1-6(2)7-3-4-8-5-7;1-5(2)6-3-7-4-8-6;1-5(2)6-7-3-4-8-6;1-5(2)6-3-4-7-8-6;1-5(2)6-3-8-4-7-6;1-5(2)6-3-7-4-8-6;1-5(2)6-7-3-4-8-6;1-5(2)6-3-4-8-7-6;1-5(2)6-3-4-7-8-6;1-5(2)6-3-8-4-7-6;1-5(2)6-3-7-4-8-6;1-5(2)6-7-3-4-8-6;1-5(2)6-3-4-7-8-6;2*1-4(2)5-7-6-3-8-5;1-4(2)5-6-3-7-8-5/h3-8H,1-2H3;3-6H,1-2H3;3,5-6H,4H2,1-2H3;3*3-5H,1-2H3,(H,7,8);9*3-5H,1-2H3;3*3-4H,1-2H3. The molecule has 30 nitrogen and oxygen atoms in total. The summed E-state index contributed by atoms with van der Waals surface area (Å²) in [6.45, 7) is 77.1. The van der Waals surface area contributed by atoms with E-state index in [2.05, 4.69) is 387 Å². The third-order valence-electron chi connectivity index (χ3n) is 19.1. The van der Waals surface area contributed by atoms with E-state index in [-0.39, 0.29) is 0 Å². The van der Waals surface area contributed by atoms with Crippen molar-refractivity contribution in [1.82, 2.24) is 114 Å². The number of nitrogens with zero attached hydrogens (tertiary/aromatic N) is 21. The second kappa shape index (κ2) is 80.3. The van der Waals surface area contributed by atoms with E-state index in [1.807, 2.05) is 106 Å². The lowest BCUT2D eigenvalue weighted by Gasteiger charge is -2.01. The first-order chi connectivity index (χ1) is 69.5. The molecule has 0 bridgehead atoms. The highest BCUT2D eigenvalue weighted by Gasteiger charge is 2.10. The molecule has 1 aromatic carbocycles. The smallest absolute Gasteiger partial charge is 0.218 e. The zero-order chi connectivity index (χ0) is 109. The first-order valence-corrected chi connectivity index (χ1v) is 54.9. The van der Waals surface area contributed by atoms with Crippen molar-refractivity contribution in [2.75, 3.05) is 6.54 Å². The van der Waals surface area contributed by atoms with Gasteiger partial charge in [0.05, 0.1) is 70.3 Å². The predicted molar refractivity (Wildman–Crippen MR) is 605 cm³/mol. The Hall–Kier alpha value is -11.8. The van der Waals surface area contributed by atoms with E-state index in [4.69, 9.17) is 22.2 Å². The number of hydrogen-bond donors (Lipinski definition) is 3. The van der Waals surface area contributed by atoms with E-state index in [9.17, 15) is 0 Å². The van der Waals surface area contributed by atoms with Gasteiger partial charge in [-0.2, -0.15) is 9.47 Å². The van der Waals surface area contributed by atoms with Gasteiger partial charge in [-0.05, 0) is 106 Å². The number of allylic oxidation sites excluding steroid dienone is 1. The Balaban J connectivity index is 0.000000773. The fourth-order valence-corrected chi connectivity index (χ4v) is 13.6. The van der Waals surface area contributed by atoms with E-state index in [1.165, 1.54) is 73.7 Å². The van der Waals surface area contributed by atoms with Crippen LogP contribution in [0.2, 0.25) is 0 Å². The molecule has 1 aliphatic rings. The lowest BCUT2D eigenvalue weighted by atomic mass is 10.0. The molecule has 0 radical (unpaired) electrons. The molecule has 17 heterocycles. The molecule has 17 aromatic rings. The Morgan fingerprint density at radius 3 is 1.31 bits per heavy atom. The van der Waals surface area contributed by atoms with Crippen LogP contribution in [0.3, 0.4) is 0 Å². The number of imidazole rings is 2. The molecule has 1 aliphatic heterocycles. The Bertz CT molecular complexity index is 4370. The van der Waals surface area contributed by atoms with Crippen molar-refractivity contribution >= 4 is 74.6 Å². The zero-order valence-corrected chi connectivity index (χ0v) is 98.2. The number of aromatic amines is 3. The van der Waals surface area contributed by atoms with Crippen molar-refractivity contribution in [2.24, 2.45) is 10.9 Å². The monoisotopic (exact) mass is 2110 g/mol. The second-order valence-electron chi connectivity index (χ2n) is 38.0. The summed E-state index contributed by atoms with van der Waals surface area (Å²) in [5.74, 6) is 14.1. The van der Waals surface area contributed by atoms with Gasteiger partial charge in [-0.25, -0.2) is 44.2 Å². The summed E-state index contributed by atoms with van der Waals surface area (Å²) in [5, 5.41) is 36.4. The van der Waals surface area contributed by atoms with Crippen molar-refractivity contribution in [1.29, 1.82) is 0 Å². The SMILES string of the molecule is CC(C)C1=CCN=C1.CC(C)c1ccccc1.CC(C)c1ccn[nH]1.CC(C)c1ccno1.CC(C)c1ccns1.CC(C)c1ccon1.CC(C)c1cnc[nH]1.CC(C)c1cnccn1.CC(C)c1cnco1.CC(C)c1cncs1.CC(C)c1cocn1.CC(C)c1cscn1.CC(C)c1ncc[nH]1.CC(C)c1ncco1.CC(C)c1nccs1.CC(C)c1ncns1.CC(C)c1nnco1.CC(C)c1nncs1. The first-order valence-electron chi connectivity index (χ1n) is 49.8. The average molecular weight is 2120 g/mol. The van der Waals surface area contributed by atoms with Gasteiger partial charge in [0.25, 0.3) is 0 Å². The van der Waals surface area contributed by atoms with E-state index < -0.39 is 0 Å². The van der Waals surface area contributed by atoms with E-state index >= 15 is 0 Å². The minimum absolute atomic E-state index is 0.345. The Morgan fingerprint density at radius 1 is 0.370 bits per heavy atom. The number of aliphatic imine (C=N–C) groups is 1. The summed E-state index contributed by atoms with van der Waals surface area (Å²) in [4.78, 5) is 56.8. The van der Waals surface area contributed by atoms with Crippen molar-refractivity contribution in [3.63, 3.8) is 0 Å². The minimum Gasteiger partial charge on any atom is -0.451 e. The summed E-state index contributed by atoms with van der Waals surface area (Å²) in [6, 6.07) is 18.3. The number of rotatable bonds is 18. The molecule has 3 N–H and O–H groups in total. The lowest BCUT2D eigenvalue weighted by molar-refractivity contribution is 0.371. The molecule has 0 saturated heterocycles. The summed E-state index contributed by atoms with van der Waals surface area (Å²) >= 11 is 9.76. The number of aromatic nitrogens is 23. The van der Waals surface area contributed by atoms with Gasteiger partial charge >= 0.3 is 0 Å². The highest BCUT2D eigenvalue weighted by atomic mass is 32.1. The van der Waals surface area contributed by atoms with E-state index in [0.717, 1.165) is 56.9 Å². The van der Waals surface area contributed by atoms with Gasteiger partial charge in [-0.3, -0.25) is 25.0 Å². The van der Waals surface area contributed by atoms with Crippen LogP contribution in [-0.2, 0) is 0 Å². The van der Waals surface area contributed by atoms with Crippen molar-refractivity contribution in [3.05, 3.63) is 318 Å². The summed E-state index contributed by atoms with van der Waals surface area (Å²) in [7, 11) is 0. The maximum Gasteiger partial charge on any atom is 0.218 e. The van der Waals surface area contributed by atoms with Crippen molar-refractivity contribution in [2.45, 2.75) is 350 Å². The summed E-state index contributed by atoms with van der Waals surface area (Å²) in [6.07, 6.45) is 39.7. The van der Waals surface area contributed by atoms with Crippen molar-refractivity contribution in [3.8, 4) is 0 Å². The van der Waals surface area contributed by atoms with Crippen molar-refractivity contribution < 1.29 is 26.7 Å². The number of oxazole rings is 3. The van der Waals surface area contributed by atoms with Gasteiger partial charge in [0.1, 0.15) is 58.0 Å². The van der Waals surface area contributed by atoms with Gasteiger partial charge in [-0.1, -0.05) is 296 Å². The third kappa shape index (κ3) is 64.2. The quantitative estimate of drug-likeness (QED) is 0.0718. The molecule has 0 aliphatic carbocycles. The highest BCUT2D eigenvalue weighted by Crippen LogP contribution is 2.23. The molecule has 0 spiro atoms. The summed E-state index contributed by atoms with van der Waals surface area (Å²) < 4.78 is 36.9. The second-order valence-corrected chi connectivity index (χ2v) is 43.1. The molecule has 0 amide bonds. The molecule has 0 unspecified atom stereocenters. The maximum absolute atomic E-state index is 4.98. The molecule has 800 valence electrons. The molecule has 18 rings (SSSR count). The molecular formula is C110H168N24O6S6. The fourth-order valence-electron chi connectivity index (χ4n) is 9.91. The number of benzene rings is 1. The number of hydrogen-bond acceptors (Lipinski definition) is 33. The topological polar surface area (TPSA) is 396 Å². The van der Waals surface area contributed by atoms with Gasteiger partial charge < -0.3 is 36.7 Å². The van der Waals surface area contributed by atoms with Crippen LogP contribution < -0.4 is 0 Å². The third-order valence-corrected chi connectivity index (χ3v) is 24.8. The van der Waals surface area contributed by atoms with Gasteiger partial charge in [0.15, 0.2) is 18.7 Å². The largest absolute Gasteiger partial charge is 0.451 e. The number of thiazole rings is 3. The first kappa shape index (κ1) is 132. The fraction of sp³-hybridized carbons (Fsp3) is 0.500. The molecular weight excluding hydrogens is 1950 g/mol. The highest BCUT2D eigenvalue weighted by molar-refractivity contribution is 7.10. The molecule has 36 heteroatoms. The molecule has 0 fully saturated rings. The van der Waals surface area contributed by atoms with Crippen LogP contribution in [0.1, 0.15) is 443 Å². The minimum atomic E-state index is 0.345. The zero-order valence-electron chi connectivity index (χ0n) is 93.3. The Labute approximate surface area is 895 Å². The maximum atomic E-state index is 4.98. The van der Waals surface area contributed by atoms with Crippen LogP contribution in [0.5, 0.6) is 0 Å². The lowest BCUT2D eigenvalue weighted by Crippen LogP contribution is -1.91. The van der Waals surface area contributed by atoms with Crippen LogP contribution in [0.15, 0.2) is 256 Å². The van der Waals surface area contributed by atoms with Gasteiger partial charge in [0.2, 0.25) is 12.3 Å². The summed E-state index contributed by atoms with van der Waals surface area (Å²) in [5.41, 5.74) is 15.0. The van der Waals surface area contributed by atoms with Crippen LogP contribution in [0.4, 0.5) is 0 Å². The molecule has 16 aromatic heterocycles. The van der Waals surface area contributed by atoms with E-state index in [0.29, 0.717) is 112 Å². The Morgan fingerprint density at radius 2 is 1.05 bits per heavy atom. The van der Waals surface area contributed by atoms with Gasteiger partial charge in [0, 0.05) is 160 Å². The predicted octanol–water partition coefficient (Wildman–Crippen LogP) is 33.2. The van der Waals surface area contributed by atoms with Crippen LogP contribution in [0, 0.1) is 5.92 Å². The molecule has 0 atom stereocenters.